The molecule has 0 aromatic carbocycles. The van der Waals surface area contributed by atoms with Crippen LogP contribution in [-0.2, 0) is 4.79 Å². The number of carbonyl (C=O) groups excluding carboxylic acids is 1. The van der Waals surface area contributed by atoms with Crippen LogP contribution in [-0.4, -0.2) is 31.8 Å². The first kappa shape index (κ1) is 8.63. The normalized spacial score (nSPS) is 13.8. The number of hydrogen-bond donors (Lipinski definition) is 0. The monoisotopic (exact) mass is 128 g/mol. The van der Waals surface area contributed by atoms with Crippen molar-refractivity contribution in [3.05, 3.63) is 0 Å². The van der Waals surface area contributed by atoms with Gasteiger partial charge in [-0.2, -0.15) is 0 Å². The van der Waals surface area contributed by atoms with Gasteiger partial charge in [0.05, 0.1) is 0 Å². The van der Waals surface area contributed by atoms with Gasteiger partial charge in [-0.15, -0.1) is 0 Å². The van der Waals surface area contributed by atoms with Gasteiger partial charge in [0.1, 0.15) is 0 Å². The standard InChI is InChI=1S/C7H14NO/c1-7(6-9)4-5-8(2)3/h7H,4-5H2,1-3H3. The van der Waals surface area contributed by atoms with Gasteiger partial charge in [0.15, 0.2) is 0 Å². The Balaban J connectivity index is 3.16. The summed E-state index contributed by atoms with van der Waals surface area (Å²) in [6, 6.07) is 0. The van der Waals surface area contributed by atoms with Crippen molar-refractivity contribution in [1.82, 2.24) is 4.90 Å². The Morgan fingerprint density at radius 2 is 2.11 bits per heavy atom. The summed E-state index contributed by atoms with van der Waals surface area (Å²) in [6.07, 6.45) is 2.86. The summed E-state index contributed by atoms with van der Waals surface area (Å²) in [4.78, 5) is 12.0. The van der Waals surface area contributed by atoms with E-state index in [9.17, 15) is 4.79 Å². The summed E-state index contributed by atoms with van der Waals surface area (Å²) < 4.78 is 0. The number of hydrogen-bond acceptors (Lipinski definition) is 2. The van der Waals surface area contributed by atoms with E-state index in [0.29, 0.717) is 0 Å². The molecule has 0 aromatic rings. The Hall–Kier alpha value is -0.370. The van der Waals surface area contributed by atoms with E-state index >= 15 is 0 Å². The molecule has 0 aliphatic carbocycles. The molecule has 2 nitrogen and oxygen atoms in total. The van der Waals surface area contributed by atoms with Crippen LogP contribution in [0.3, 0.4) is 0 Å². The van der Waals surface area contributed by atoms with E-state index < -0.39 is 0 Å². The van der Waals surface area contributed by atoms with E-state index in [1.807, 2.05) is 27.3 Å². The predicted molar refractivity (Wildman–Crippen MR) is 38.0 cm³/mol. The summed E-state index contributed by atoms with van der Waals surface area (Å²) in [7, 11) is 4.00. The zero-order valence-electron chi connectivity index (χ0n) is 6.35. The Morgan fingerprint density at radius 3 is 2.44 bits per heavy atom. The van der Waals surface area contributed by atoms with Crippen molar-refractivity contribution < 1.29 is 4.79 Å². The summed E-state index contributed by atoms with van der Waals surface area (Å²) in [5, 5.41) is 0. The van der Waals surface area contributed by atoms with Gasteiger partial charge >= 0.3 is 0 Å². The maximum atomic E-state index is 9.97. The fourth-order valence-electron chi connectivity index (χ4n) is 0.511. The molecule has 0 saturated carbocycles. The number of rotatable bonds is 4. The van der Waals surface area contributed by atoms with Gasteiger partial charge in [0.25, 0.3) is 0 Å². The smallest absolute Gasteiger partial charge is 0.201 e. The van der Waals surface area contributed by atoms with Crippen LogP contribution in [0, 0.1) is 5.92 Å². The van der Waals surface area contributed by atoms with Crippen molar-refractivity contribution in [2.24, 2.45) is 5.92 Å². The lowest BCUT2D eigenvalue weighted by Crippen LogP contribution is -2.15. The third-order valence-electron chi connectivity index (χ3n) is 1.21. The molecule has 1 unspecified atom stereocenters. The average molecular weight is 128 g/mol. The minimum Gasteiger partial charge on any atom is -0.309 e. The number of nitrogens with zero attached hydrogens (tertiary/aromatic N) is 1. The molecule has 0 N–H and O–H groups in total. The van der Waals surface area contributed by atoms with E-state index in [2.05, 4.69) is 4.90 Å². The molecule has 0 aliphatic rings. The van der Waals surface area contributed by atoms with E-state index in [1.54, 1.807) is 0 Å². The first-order valence-electron chi connectivity index (χ1n) is 3.19. The van der Waals surface area contributed by atoms with Gasteiger partial charge in [-0.3, -0.25) is 4.79 Å². The average Bonchev–Trinajstić information content (AvgIpc) is 1.83. The first-order chi connectivity index (χ1) is 4.16. The molecule has 1 radical (unpaired) electrons. The first-order valence-corrected chi connectivity index (χ1v) is 3.19. The third kappa shape index (κ3) is 5.50. The van der Waals surface area contributed by atoms with Crippen molar-refractivity contribution in [2.75, 3.05) is 20.6 Å². The van der Waals surface area contributed by atoms with Gasteiger partial charge in [-0.25, -0.2) is 0 Å². The Labute approximate surface area is 56.9 Å². The highest BCUT2D eigenvalue weighted by atomic mass is 16.1. The highest BCUT2D eigenvalue weighted by Crippen LogP contribution is 1.96. The van der Waals surface area contributed by atoms with Crippen LogP contribution in [0.2, 0.25) is 0 Å². The van der Waals surface area contributed by atoms with Crippen LogP contribution in [0.25, 0.3) is 0 Å². The molecule has 1 atom stereocenters. The Bertz CT molecular complexity index is 81.0. The molecule has 0 amide bonds. The lowest BCUT2D eigenvalue weighted by atomic mass is 10.1. The van der Waals surface area contributed by atoms with E-state index in [1.165, 1.54) is 0 Å². The Morgan fingerprint density at radius 1 is 1.56 bits per heavy atom. The summed E-state index contributed by atoms with van der Waals surface area (Å²) in [6.45, 7) is 2.85. The van der Waals surface area contributed by atoms with Crippen molar-refractivity contribution >= 4 is 6.29 Å². The van der Waals surface area contributed by atoms with Gasteiger partial charge in [0, 0.05) is 5.92 Å². The van der Waals surface area contributed by atoms with Gasteiger partial charge in [-0.1, -0.05) is 6.92 Å². The largest absolute Gasteiger partial charge is 0.309 e. The second-order valence-corrected chi connectivity index (χ2v) is 2.61. The zero-order valence-corrected chi connectivity index (χ0v) is 6.35. The SMILES string of the molecule is CC([C]=O)CCN(C)C. The fourth-order valence-corrected chi connectivity index (χ4v) is 0.511. The molecule has 0 rings (SSSR count). The summed E-state index contributed by atoms with van der Waals surface area (Å²) >= 11 is 0. The van der Waals surface area contributed by atoms with Crippen LogP contribution in [0.1, 0.15) is 13.3 Å². The molecular formula is C7H14NO. The van der Waals surface area contributed by atoms with Crippen LogP contribution in [0.15, 0.2) is 0 Å². The lowest BCUT2D eigenvalue weighted by Gasteiger charge is -2.09. The van der Waals surface area contributed by atoms with E-state index in [0.717, 1.165) is 13.0 Å². The molecule has 0 bridgehead atoms. The van der Waals surface area contributed by atoms with E-state index in [-0.39, 0.29) is 5.92 Å². The molecular weight excluding hydrogens is 114 g/mol. The molecule has 0 fully saturated rings. The Kier molecular flexibility index (Phi) is 4.32. The third-order valence-corrected chi connectivity index (χ3v) is 1.21. The van der Waals surface area contributed by atoms with Crippen LogP contribution < -0.4 is 0 Å². The van der Waals surface area contributed by atoms with Gasteiger partial charge in [0.2, 0.25) is 6.29 Å². The van der Waals surface area contributed by atoms with Gasteiger partial charge < -0.3 is 4.90 Å². The minimum absolute atomic E-state index is 0.0902. The predicted octanol–water partition coefficient (Wildman–Crippen LogP) is 0.684. The van der Waals surface area contributed by atoms with Crippen molar-refractivity contribution in [3.8, 4) is 0 Å². The minimum atomic E-state index is 0.0902. The maximum Gasteiger partial charge on any atom is 0.201 e. The zero-order chi connectivity index (χ0) is 7.28. The second kappa shape index (κ2) is 4.50. The fraction of sp³-hybridized carbons (Fsp3) is 0.857. The second-order valence-electron chi connectivity index (χ2n) is 2.61. The maximum absolute atomic E-state index is 9.97. The quantitative estimate of drug-likeness (QED) is 0.555. The van der Waals surface area contributed by atoms with Crippen molar-refractivity contribution in [1.29, 1.82) is 0 Å². The highest BCUT2D eigenvalue weighted by Gasteiger charge is 1.99. The molecule has 2 heteroatoms. The van der Waals surface area contributed by atoms with Crippen LogP contribution in [0.5, 0.6) is 0 Å². The van der Waals surface area contributed by atoms with Crippen molar-refractivity contribution in [2.45, 2.75) is 13.3 Å². The van der Waals surface area contributed by atoms with Gasteiger partial charge in [-0.05, 0) is 27.1 Å². The van der Waals surface area contributed by atoms with E-state index in [4.69, 9.17) is 0 Å². The van der Waals surface area contributed by atoms with Crippen molar-refractivity contribution in [3.63, 3.8) is 0 Å². The molecule has 0 aromatic heterocycles. The topological polar surface area (TPSA) is 20.3 Å². The van der Waals surface area contributed by atoms with Crippen LogP contribution >= 0.6 is 0 Å². The molecule has 53 valence electrons. The summed E-state index contributed by atoms with van der Waals surface area (Å²) in [5.74, 6) is 0.0902. The summed E-state index contributed by atoms with van der Waals surface area (Å²) in [5.41, 5.74) is 0. The highest BCUT2D eigenvalue weighted by molar-refractivity contribution is 5.53. The molecule has 0 spiro atoms. The molecule has 0 heterocycles. The molecule has 9 heavy (non-hydrogen) atoms. The van der Waals surface area contributed by atoms with Crippen LogP contribution in [0.4, 0.5) is 0 Å². The lowest BCUT2D eigenvalue weighted by molar-refractivity contribution is 0.380. The molecule has 0 aliphatic heterocycles. The molecule has 0 saturated heterocycles.